The summed E-state index contributed by atoms with van der Waals surface area (Å²) in [5, 5.41) is 0.546. The predicted molar refractivity (Wildman–Crippen MR) is 112 cm³/mol. The van der Waals surface area contributed by atoms with Crippen molar-refractivity contribution in [3.8, 4) is 0 Å². The summed E-state index contributed by atoms with van der Waals surface area (Å²) in [6, 6.07) is 14.5. The van der Waals surface area contributed by atoms with Crippen LogP contribution in [0.5, 0.6) is 0 Å². The molecular formula is C20H20N2O5S2. The van der Waals surface area contributed by atoms with E-state index in [2.05, 4.69) is 10.9 Å². The molecule has 9 heteroatoms. The van der Waals surface area contributed by atoms with Crippen molar-refractivity contribution < 1.29 is 22.4 Å². The van der Waals surface area contributed by atoms with E-state index in [1.807, 2.05) is 31.2 Å². The quantitative estimate of drug-likeness (QED) is 0.458. The number of hydrazine groups is 1. The number of hydrogen-bond acceptors (Lipinski definition) is 6. The molecule has 29 heavy (non-hydrogen) atoms. The number of furan rings is 1. The molecule has 2 amide bonds. The van der Waals surface area contributed by atoms with E-state index in [1.165, 1.54) is 11.8 Å². The van der Waals surface area contributed by atoms with Crippen molar-refractivity contribution in [3.63, 3.8) is 0 Å². The first-order valence-electron chi connectivity index (χ1n) is 8.70. The number of sulfone groups is 1. The Bertz CT molecular complexity index is 1150. The van der Waals surface area contributed by atoms with E-state index >= 15 is 0 Å². The molecule has 7 nitrogen and oxygen atoms in total. The van der Waals surface area contributed by atoms with E-state index in [0.29, 0.717) is 11.0 Å². The molecule has 0 aliphatic rings. The fraction of sp³-hybridized carbons (Fsp3) is 0.200. The van der Waals surface area contributed by atoms with Crippen LogP contribution < -0.4 is 10.9 Å². The van der Waals surface area contributed by atoms with Gasteiger partial charge in [-0.15, -0.1) is 11.8 Å². The largest absolute Gasteiger partial charge is 0.451 e. The van der Waals surface area contributed by atoms with Gasteiger partial charge in [-0.1, -0.05) is 35.9 Å². The van der Waals surface area contributed by atoms with Gasteiger partial charge in [0.1, 0.15) is 5.58 Å². The molecule has 0 atom stereocenters. The number of benzene rings is 2. The Morgan fingerprint density at radius 3 is 2.41 bits per heavy atom. The van der Waals surface area contributed by atoms with Crippen molar-refractivity contribution in [3.05, 3.63) is 65.4 Å². The van der Waals surface area contributed by atoms with E-state index < -0.39 is 21.7 Å². The van der Waals surface area contributed by atoms with Crippen molar-refractivity contribution in [2.45, 2.75) is 17.6 Å². The first-order chi connectivity index (χ1) is 13.7. The standard InChI is InChI=1S/C20H20N2O5S2/c1-13-7-9-14(10-8-13)28-11-18(23)21-22-20(24)19-16(12-29(2,25)26)15-5-3-4-6-17(15)27-19/h3-10H,11-12H2,1-2H3,(H,21,23)(H,22,24). The molecule has 3 aromatic rings. The summed E-state index contributed by atoms with van der Waals surface area (Å²) in [5.74, 6) is -1.48. The van der Waals surface area contributed by atoms with Crippen molar-refractivity contribution in [1.82, 2.24) is 10.9 Å². The number of nitrogens with one attached hydrogen (secondary N) is 2. The van der Waals surface area contributed by atoms with Crippen LogP contribution >= 0.6 is 11.8 Å². The Labute approximate surface area is 172 Å². The van der Waals surface area contributed by atoms with Crippen LogP contribution in [0.15, 0.2) is 57.8 Å². The molecule has 0 fully saturated rings. The first-order valence-corrected chi connectivity index (χ1v) is 11.7. The van der Waals surface area contributed by atoms with Gasteiger partial charge in [0.05, 0.1) is 11.5 Å². The van der Waals surface area contributed by atoms with Gasteiger partial charge in [0.2, 0.25) is 5.91 Å². The molecule has 1 aromatic heterocycles. The lowest BCUT2D eigenvalue weighted by molar-refractivity contribution is -0.119. The van der Waals surface area contributed by atoms with E-state index in [9.17, 15) is 18.0 Å². The maximum absolute atomic E-state index is 12.5. The lowest BCUT2D eigenvalue weighted by Crippen LogP contribution is -2.42. The molecule has 0 spiro atoms. The average molecular weight is 433 g/mol. The summed E-state index contributed by atoms with van der Waals surface area (Å²) in [6.45, 7) is 1.98. The first kappa shape index (κ1) is 20.9. The van der Waals surface area contributed by atoms with Crippen LogP contribution in [0.3, 0.4) is 0 Å². The molecule has 152 valence electrons. The number of carbonyl (C=O) groups is 2. The SMILES string of the molecule is Cc1ccc(SCC(=O)NNC(=O)c2oc3ccccc3c2CS(C)(=O)=O)cc1. The Morgan fingerprint density at radius 1 is 1.03 bits per heavy atom. The molecular weight excluding hydrogens is 412 g/mol. The minimum absolute atomic E-state index is 0.111. The molecule has 0 saturated carbocycles. The van der Waals surface area contributed by atoms with Crippen LogP contribution in [0, 0.1) is 6.92 Å². The normalized spacial score (nSPS) is 11.4. The van der Waals surface area contributed by atoms with Gasteiger partial charge in [-0.3, -0.25) is 20.4 Å². The molecule has 0 bridgehead atoms. The maximum atomic E-state index is 12.5. The van der Waals surface area contributed by atoms with Crippen LogP contribution in [0.25, 0.3) is 11.0 Å². The number of para-hydroxylation sites is 1. The van der Waals surface area contributed by atoms with Crippen molar-refractivity contribution in [2.24, 2.45) is 0 Å². The zero-order chi connectivity index (χ0) is 21.0. The molecule has 0 radical (unpaired) electrons. The molecule has 0 unspecified atom stereocenters. The summed E-state index contributed by atoms with van der Waals surface area (Å²) in [4.78, 5) is 25.5. The second-order valence-electron chi connectivity index (χ2n) is 6.58. The highest BCUT2D eigenvalue weighted by Crippen LogP contribution is 2.27. The van der Waals surface area contributed by atoms with Gasteiger partial charge in [-0.25, -0.2) is 8.42 Å². The van der Waals surface area contributed by atoms with Gasteiger partial charge in [-0.2, -0.15) is 0 Å². The fourth-order valence-corrected chi connectivity index (χ4v) is 4.20. The number of carbonyl (C=O) groups excluding carboxylic acids is 2. The third kappa shape index (κ3) is 5.61. The molecule has 2 N–H and O–H groups in total. The van der Waals surface area contributed by atoms with Crippen LogP contribution in [0.4, 0.5) is 0 Å². The molecule has 1 heterocycles. The monoisotopic (exact) mass is 432 g/mol. The summed E-state index contributed by atoms with van der Waals surface area (Å²) in [6.07, 6.45) is 1.08. The lowest BCUT2D eigenvalue weighted by atomic mass is 10.1. The van der Waals surface area contributed by atoms with Gasteiger partial charge < -0.3 is 4.42 Å². The smallest absolute Gasteiger partial charge is 0.305 e. The number of thioether (sulfide) groups is 1. The second-order valence-corrected chi connectivity index (χ2v) is 9.77. The van der Waals surface area contributed by atoms with E-state index in [0.717, 1.165) is 16.7 Å². The van der Waals surface area contributed by atoms with Crippen LogP contribution in [0.2, 0.25) is 0 Å². The third-order valence-electron chi connectivity index (χ3n) is 4.02. The highest BCUT2D eigenvalue weighted by Gasteiger charge is 2.23. The number of amides is 2. The summed E-state index contributed by atoms with van der Waals surface area (Å²) < 4.78 is 29.1. The molecule has 2 aromatic carbocycles. The van der Waals surface area contributed by atoms with E-state index in [-0.39, 0.29) is 22.8 Å². The van der Waals surface area contributed by atoms with Gasteiger partial charge in [0.25, 0.3) is 0 Å². The molecule has 0 aliphatic heterocycles. The Kier molecular flexibility index (Phi) is 6.29. The summed E-state index contributed by atoms with van der Waals surface area (Å²) in [5.41, 5.74) is 6.41. The van der Waals surface area contributed by atoms with Gasteiger partial charge in [0.15, 0.2) is 15.6 Å². The molecule has 0 saturated heterocycles. The fourth-order valence-electron chi connectivity index (χ4n) is 2.69. The highest BCUT2D eigenvalue weighted by molar-refractivity contribution is 8.00. The zero-order valence-corrected chi connectivity index (χ0v) is 17.5. The Morgan fingerprint density at radius 2 is 1.72 bits per heavy atom. The minimum atomic E-state index is -3.40. The predicted octanol–water partition coefficient (Wildman–Crippen LogP) is 2.84. The number of rotatable bonds is 6. The third-order valence-corrected chi connectivity index (χ3v) is 5.84. The van der Waals surface area contributed by atoms with E-state index in [4.69, 9.17) is 4.42 Å². The maximum Gasteiger partial charge on any atom is 0.305 e. The van der Waals surface area contributed by atoms with Gasteiger partial charge in [-0.05, 0) is 25.1 Å². The van der Waals surface area contributed by atoms with Crippen LogP contribution in [-0.4, -0.2) is 32.2 Å². The van der Waals surface area contributed by atoms with Crippen LogP contribution in [-0.2, 0) is 20.4 Å². The second kappa shape index (κ2) is 8.71. The summed E-state index contributed by atoms with van der Waals surface area (Å²) >= 11 is 1.33. The van der Waals surface area contributed by atoms with Gasteiger partial charge >= 0.3 is 5.91 Å². The Balaban J connectivity index is 1.67. The number of aryl methyl sites for hydroxylation is 1. The average Bonchev–Trinajstić information content (AvgIpc) is 3.03. The van der Waals surface area contributed by atoms with Crippen LogP contribution in [0.1, 0.15) is 21.7 Å². The number of fused-ring (bicyclic) bond motifs is 1. The zero-order valence-electron chi connectivity index (χ0n) is 15.9. The van der Waals surface area contributed by atoms with Crippen molar-refractivity contribution >= 4 is 44.4 Å². The van der Waals surface area contributed by atoms with Crippen molar-refractivity contribution in [1.29, 1.82) is 0 Å². The van der Waals surface area contributed by atoms with E-state index in [1.54, 1.807) is 24.3 Å². The molecule has 3 rings (SSSR count). The minimum Gasteiger partial charge on any atom is -0.451 e. The Hall–Kier alpha value is -2.78. The lowest BCUT2D eigenvalue weighted by Gasteiger charge is -2.07. The summed E-state index contributed by atoms with van der Waals surface area (Å²) in [7, 11) is -3.40. The van der Waals surface area contributed by atoms with Gasteiger partial charge in [0, 0.05) is 22.1 Å². The number of hydrogen-bond donors (Lipinski definition) is 2. The van der Waals surface area contributed by atoms with Crippen molar-refractivity contribution in [2.75, 3.05) is 12.0 Å². The topological polar surface area (TPSA) is 105 Å². The molecule has 0 aliphatic carbocycles. The highest BCUT2D eigenvalue weighted by atomic mass is 32.2.